The fourth-order valence-electron chi connectivity index (χ4n) is 3.14. The minimum absolute atomic E-state index is 0.0439. The number of hydrazone groups is 1. The first kappa shape index (κ1) is 26.8. The Morgan fingerprint density at radius 2 is 1.64 bits per heavy atom. The van der Waals surface area contributed by atoms with Gasteiger partial charge in [0.1, 0.15) is 12.3 Å². The average molecular weight is 527 g/mol. The smallest absolute Gasteiger partial charge is 0.264 e. The molecule has 0 aromatic heterocycles. The van der Waals surface area contributed by atoms with Crippen molar-refractivity contribution in [1.82, 2.24) is 5.43 Å². The van der Waals surface area contributed by atoms with Gasteiger partial charge in [0, 0.05) is 17.5 Å². The van der Waals surface area contributed by atoms with E-state index in [0.717, 1.165) is 14.8 Å². The number of thioether (sulfide) groups is 1. The molecule has 188 valence electrons. The van der Waals surface area contributed by atoms with Crippen LogP contribution in [0.3, 0.4) is 0 Å². The minimum atomic E-state index is -4.13. The highest BCUT2D eigenvalue weighted by Crippen LogP contribution is 2.26. The van der Waals surface area contributed by atoms with Crippen molar-refractivity contribution in [2.45, 2.75) is 16.7 Å². The van der Waals surface area contributed by atoms with Crippen molar-refractivity contribution in [2.24, 2.45) is 5.10 Å². The number of methoxy groups -OCH3 is 1. The van der Waals surface area contributed by atoms with E-state index in [1.54, 1.807) is 36.0 Å². The minimum Gasteiger partial charge on any atom is -0.497 e. The topological polar surface area (TPSA) is 117 Å². The highest BCUT2D eigenvalue weighted by atomic mass is 32.2. The maximum Gasteiger partial charge on any atom is 0.264 e. The maximum atomic E-state index is 13.5. The Hall–Kier alpha value is -3.83. The van der Waals surface area contributed by atoms with Crippen molar-refractivity contribution in [3.8, 4) is 5.75 Å². The van der Waals surface area contributed by atoms with E-state index in [-0.39, 0.29) is 16.5 Å². The summed E-state index contributed by atoms with van der Waals surface area (Å²) in [5.74, 6) is -0.360. The number of ether oxygens (including phenoxy) is 1. The summed E-state index contributed by atoms with van der Waals surface area (Å²) in [5.41, 5.74) is 3.89. The fourth-order valence-corrected chi connectivity index (χ4v) is 4.97. The lowest BCUT2D eigenvalue weighted by Crippen LogP contribution is -2.39. The number of sulfonamides is 1. The SMILES string of the molecule is COc1ccc(N(CC(=O)N/N=C\c2ccc(SC)cc2)S(=O)(=O)c2ccc(NC(C)=O)cc2)cc1. The summed E-state index contributed by atoms with van der Waals surface area (Å²) in [6.45, 7) is 0.849. The first-order chi connectivity index (χ1) is 17.2. The second kappa shape index (κ2) is 12.2. The number of benzene rings is 3. The Morgan fingerprint density at radius 3 is 2.19 bits per heavy atom. The van der Waals surface area contributed by atoms with E-state index in [0.29, 0.717) is 11.4 Å². The lowest BCUT2D eigenvalue weighted by molar-refractivity contribution is -0.119. The van der Waals surface area contributed by atoms with Gasteiger partial charge in [0.15, 0.2) is 0 Å². The number of amides is 2. The van der Waals surface area contributed by atoms with Crippen LogP contribution in [0.5, 0.6) is 5.75 Å². The van der Waals surface area contributed by atoms with E-state index in [1.165, 1.54) is 44.5 Å². The molecule has 2 amide bonds. The number of carbonyl (C=O) groups excluding carboxylic acids is 2. The number of nitrogens with zero attached hydrogens (tertiary/aromatic N) is 2. The summed E-state index contributed by atoms with van der Waals surface area (Å²) in [6.07, 6.45) is 3.46. The number of hydrogen-bond donors (Lipinski definition) is 2. The number of hydrogen-bond acceptors (Lipinski definition) is 7. The summed E-state index contributed by atoms with van der Waals surface area (Å²) in [5, 5.41) is 6.54. The van der Waals surface area contributed by atoms with Crippen molar-refractivity contribution < 1.29 is 22.7 Å². The van der Waals surface area contributed by atoms with Crippen LogP contribution in [0.1, 0.15) is 12.5 Å². The molecule has 0 heterocycles. The van der Waals surface area contributed by atoms with Gasteiger partial charge in [-0.25, -0.2) is 13.8 Å². The predicted molar refractivity (Wildman–Crippen MR) is 142 cm³/mol. The first-order valence-electron chi connectivity index (χ1n) is 10.7. The van der Waals surface area contributed by atoms with Gasteiger partial charge in [-0.05, 0) is 72.5 Å². The molecule has 2 N–H and O–H groups in total. The zero-order chi connectivity index (χ0) is 26.1. The number of rotatable bonds is 10. The van der Waals surface area contributed by atoms with E-state index in [9.17, 15) is 18.0 Å². The molecule has 9 nitrogen and oxygen atoms in total. The Labute approximate surface area is 214 Å². The Balaban J connectivity index is 1.82. The van der Waals surface area contributed by atoms with Gasteiger partial charge in [0.25, 0.3) is 15.9 Å². The van der Waals surface area contributed by atoms with Crippen LogP contribution in [0, 0.1) is 0 Å². The predicted octanol–water partition coefficient (Wildman–Crippen LogP) is 3.72. The Morgan fingerprint density at radius 1 is 1.00 bits per heavy atom. The monoisotopic (exact) mass is 526 g/mol. The van der Waals surface area contributed by atoms with Crippen LogP contribution in [-0.4, -0.2) is 46.4 Å². The molecule has 3 aromatic carbocycles. The van der Waals surface area contributed by atoms with E-state index in [1.807, 2.05) is 30.5 Å². The van der Waals surface area contributed by atoms with Gasteiger partial charge in [-0.15, -0.1) is 11.8 Å². The summed E-state index contributed by atoms with van der Waals surface area (Å²) < 4.78 is 33.1. The van der Waals surface area contributed by atoms with Crippen LogP contribution in [0.25, 0.3) is 0 Å². The highest BCUT2D eigenvalue weighted by Gasteiger charge is 2.27. The molecule has 36 heavy (non-hydrogen) atoms. The second-order valence-corrected chi connectivity index (χ2v) is 10.2. The molecular weight excluding hydrogens is 500 g/mol. The van der Waals surface area contributed by atoms with Crippen LogP contribution < -0.4 is 19.8 Å². The quantitative estimate of drug-likeness (QED) is 0.236. The summed E-state index contributed by atoms with van der Waals surface area (Å²) >= 11 is 1.61. The molecule has 0 saturated carbocycles. The molecule has 0 atom stereocenters. The third-order valence-electron chi connectivity index (χ3n) is 4.93. The van der Waals surface area contributed by atoms with E-state index < -0.39 is 22.5 Å². The zero-order valence-corrected chi connectivity index (χ0v) is 21.6. The number of carbonyl (C=O) groups is 2. The van der Waals surface area contributed by atoms with Crippen LogP contribution in [-0.2, 0) is 19.6 Å². The highest BCUT2D eigenvalue weighted by molar-refractivity contribution is 7.98. The van der Waals surface area contributed by atoms with Gasteiger partial charge in [-0.2, -0.15) is 5.10 Å². The summed E-state index contributed by atoms with van der Waals surface area (Å²) in [6, 6.07) is 19.6. The largest absolute Gasteiger partial charge is 0.497 e. The van der Waals surface area contributed by atoms with Gasteiger partial charge >= 0.3 is 0 Å². The second-order valence-electron chi connectivity index (χ2n) is 7.48. The Bertz CT molecular complexity index is 1320. The van der Waals surface area contributed by atoms with Gasteiger partial charge in [0.2, 0.25) is 5.91 Å². The van der Waals surface area contributed by atoms with Crippen molar-refractivity contribution in [3.63, 3.8) is 0 Å². The van der Waals surface area contributed by atoms with Gasteiger partial charge < -0.3 is 10.1 Å². The molecule has 0 unspecified atom stereocenters. The molecule has 0 aliphatic rings. The van der Waals surface area contributed by atoms with Gasteiger partial charge in [-0.1, -0.05) is 12.1 Å². The molecular formula is C25H26N4O5S2. The molecule has 3 aromatic rings. The third-order valence-corrected chi connectivity index (χ3v) is 7.46. The summed E-state index contributed by atoms with van der Waals surface area (Å²) in [4.78, 5) is 25.0. The van der Waals surface area contributed by atoms with Crippen molar-refractivity contribution in [1.29, 1.82) is 0 Å². The number of anilines is 2. The first-order valence-corrected chi connectivity index (χ1v) is 13.4. The molecule has 0 saturated heterocycles. The maximum absolute atomic E-state index is 13.5. The Kier molecular flexibility index (Phi) is 9.09. The molecule has 0 spiro atoms. The van der Waals surface area contributed by atoms with E-state index in [2.05, 4.69) is 15.8 Å². The van der Waals surface area contributed by atoms with Gasteiger partial charge in [-0.3, -0.25) is 13.9 Å². The zero-order valence-electron chi connectivity index (χ0n) is 20.0. The van der Waals surface area contributed by atoms with E-state index >= 15 is 0 Å². The van der Waals surface area contributed by atoms with Crippen LogP contribution in [0.15, 0.2) is 87.7 Å². The summed E-state index contributed by atoms with van der Waals surface area (Å²) in [7, 11) is -2.63. The molecule has 3 rings (SSSR count). The average Bonchev–Trinajstić information content (AvgIpc) is 2.87. The molecule has 0 bridgehead atoms. The fraction of sp³-hybridized carbons (Fsp3) is 0.160. The molecule has 11 heteroatoms. The molecule has 0 fully saturated rings. The lowest BCUT2D eigenvalue weighted by atomic mass is 10.2. The van der Waals surface area contributed by atoms with Gasteiger partial charge in [0.05, 0.1) is 23.9 Å². The molecule has 0 radical (unpaired) electrons. The third kappa shape index (κ3) is 7.09. The van der Waals surface area contributed by atoms with Crippen LogP contribution in [0.2, 0.25) is 0 Å². The van der Waals surface area contributed by atoms with Crippen LogP contribution >= 0.6 is 11.8 Å². The van der Waals surface area contributed by atoms with Crippen molar-refractivity contribution >= 4 is 51.2 Å². The van der Waals surface area contributed by atoms with E-state index in [4.69, 9.17) is 4.74 Å². The van der Waals surface area contributed by atoms with Crippen molar-refractivity contribution in [3.05, 3.63) is 78.4 Å². The standard InChI is InChI=1S/C25H26N4O5S2/c1-18(30)27-20-6-14-24(15-7-20)36(32,33)29(21-8-10-22(34-2)11-9-21)17-25(31)28-26-16-19-4-12-23(35-3)13-5-19/h4-16H,17H2,1-3H3,(H,27,30)(H,28,31)/b26-16-. The number of nitrogens with one attached hydrogen (secondary N) is 2. The normalized spacial score (nSPS) is 11.2. The lowest BCUT2D eigenvalue weighted by Gasteiger charge is -2.24. The molecule has 0 aliphatic carbocycles. The van der Waals surface area contributed by atoms with Crippen LogP contribution in [0.4, 0.5) is 11.4 Å². The molecule has 0 aliphatic heterocycles. The van der Waals surface area contributed by atoms with Crippen molar-refractivity contribution in [2.75, 3.05) is 29.5 Å².